The number of hydrogen-bond acceptors (Lipinski definition) is 4. The lowest BCUT2D eigenvalue weighted by molar-refractivity contribution is -0.376. The van der Waals surface area contributed by atoms with Gasteiger partial charge in [-0.1, -0.05) is 0 Å². The lowest BCUT2D eigenvalue weighted by Crippen LogP contribution is -2.55. The zero-order chi connectivity index (χ0) is 16.6. The van der Waals surface area contributed by atoms with Crippen LogP contribution in [0.15, 0.2) is 12.1 Å². The highest BCUT2D eigenvalue weighted by Crippen LogP contribution is 2.36. The number of benzene rings is 1. The minimum absolute atomic E-state index is 0.214. The maximum absolute atomic E-state index is 13.1. The van der Waals surface area contributed by atoms with Gasteiger partial charge < -0.3 is 14.6 Å². The molecule has 0 unspecified atom stereocenters. The fraction of sp³-hybridized carbons (Fsp3) is 0.200. The summed E-state index contributed by atoms with van der Waals surface area (Å²) in [7, 11) is 0. The van der Waals surface area contributed by atoms with Gasteiger partial charge in [0, 0.05) is 10.7 Å². The van der Waals surface area contributed by atoms with Crippen LogP contribution >= 0.6 is 67.8 Å². The van der Waals surface area contributed by atoms with Crippen LogP contribution in [0.5, 0.6) is 0 Å². The van der Waals surface area contributed by atoms with Gasteiger partial charge in [-0.05, 0) is 79.9 Å². The van der Waals surface area contributed by atoms with E-state index in [0.29, 0.717) is 7.14 Å². The Balaban J connectivity index is 3.15. The van der Waals surface area contributed by atoms with Gasteiger partial charge in [0.1, 0.15) is 5.97 Å². The first-order valence-corrected chi connectivity index (χ1v) is 7.98. The molecule has 0 saturated carbocycles. The van der Waals surface area contributed by atoms with Gasteiger partial charge in [0.15, 0.2) is 0 Å². The van der Waals surface area contributed by atoms with Crippen LogP contribution in [-0.4, -0.2) is 24.0 Å². The van der Waals surface area contributed by atoms with Crippen molar-refractivity contribution in [3.63, 3.8) is 0 Å². The lowest BCUT2D eigenvalue weighted by Gasteiger charge is -2.26. The van der Waals surface area contributed by atoms with Crippen LogP contribution < -0.4 is 5.11 Å². The van der Waals surface area contributed by atoms with Gasteiger partial charge in [0.05, 0.1) is 5.56 Å². The topological polar surface area (TPSA) is 66.4 Å². The number of carbonyl (C=O) groups is 2. The molecule has 0 spiro atoms. The Morgan fingerprint density at radius 1 is 1.10 bits per heavy atom. The summed E-state index contributed by atoms with van der Waals surface area (Å²) < 4.78 is 56.3. The first-order chi connectivity index (χ1) is 9.40. The second kappa shape index (κ2) is 6.67. The molecule has 1 aromatic rings. The van der Waals surface area contributed by atoms with Gasteiger partial charge in [0.2, 0.25) is 0 Å². The molecule has 0 aliphatic rings. The van der Waals surface area contributed by atoms with Crippen LogP contribution in [0, 0.1) is 10.7 Å². The molecule has 1 rings (SSSR count). The maximum Gasteiger partial charge on any atom is 0.472 e. The molecule has 116 valence electrons. The van der Waals surface area contributed by atoms with Gasteiger partial charge in [-0.15, -0.1) is 0 Å². The van der Waals surface area contributed by atoms with Crippen LogP contribution in [0.3, 0.4) is 0 Å². The number of alkyl halides is 4. The molecule has 4 nitrogen and oxygen atoms in total. The third kappa shape index (κ3) is 4.08. The van der Waals surface area contributed by atoms with Gasteiger partial charge in [-0.3, -0.25) is 0 Å². The summed E-state index contributed by atoms with van der Waals surface area (Å²) in [5, 5.41) is 10.0. The molecule has 21 heavy (non-hydrogen) atoms. The van der Waals surface area contributed by atoms with Crippen molar-refractivity contribution in [2.45, 2.75) is 12.0 Å². The minimum atomic E-state index is -5.64. The zero-order valence-electron chi connectivity index (χ0n) is 9.43. The molecule has 0 fully saturated rings. The lowest BCUT2D eigenvalue weighted by atomic mass is 10.2. The summed E-state index contributed by atoms with van der Waals surface area (Å²) in [6.07, 6.45) is -5.53. The van der Waals surface area contributed by atoms with Crippen molar-refractivity contribution in [3.8, 4) is 0 Å². The number of carbonyl (C=O) groups excluding carboxylic acids is 2. The van der Waals surface area contributed by atoms with Crippen molar-refractivity contribution < 1.29 is 37.0 Å². The molecule has 0 aliphatic carbocycles. The number of carboxylic acid groups (broad SMARTS) is 1. The summed E-state index contributed by atoms with van der Waals surface area (Å²) in [5.74, 6) is -10.7. The van der Waals surface area contributed by atoms with E-state index in [1.165, 1.54) is 0 Å². The van der Waals surface area contributed by atoms with E-state index in [-0.39, 0.29) is 9.13 Å². The van der Waals surface area contributed by atoms with E-state index < -0.39 is 24.0 Å². The van der Waals surface area contributed by atoms with E-state index in [0.717, 1.165) is 6.07 Å². The minimum Gasteiger partial charge on any atom is -0.544 e. The Hall–Kier alpha value is 0.0700. The SMILES string of the molecule is O=C(OC(F)(F)C(F)(F)C(=O)[O-])c1cc(I)cc(I)c1I. The largest absolute Gasteiger partial charge is 0.544 e. The van der Waals surface area contributed by atoms with Crippen molar-refractivity contribution in [2.24, 2.45) is 0 Å². The number of esters is 1. The molecule has 11 heteroatoms. The normalized spacial score (nSPS) is 12.1. The number of halogens is 7. The Morgan fingerprint density at radius 2 is 1.62 bits per heavy atom. The van der Waals surface area contributed by atoms with Gasteiger partial charge in [-0.25, -0.2) is 4.79 Å². The molecule has 0 aliphatic heterocycles. The standard InChI is InChI=1S/C10H3F4I3O4/c11-9(12,8(19)20)10(13,14)21-7(18)4-1-3(15)2-5(16)6(4)17/h1-2H,(H,19,20)/p-1. The van der Waals surface area contributed by atoms with Crippen LogP contribution in [0.1, 0.15) is 10.4 Å². The second-order valence-electron chi connectivity index (χ2n) is 3.52. The molecule has 0 bridgehead atoms. The molecule has 1 aromatic carbocycles. The highest BCUT2D eigenvalue weighted by Gasteiger charge is 2.62. The van der Waals surface area contributed by atoms with Crippen molar-refractivity contribution in [1.29, 1.82) is 0 Å². The number of ether oxygens (including phenoxy) is 1. The first-order valence-electron chi connectivity index (χ1n) is 4.75. The second-order valence-corrected chi connectivity index (χ2v) is 7.00. The molecule has 0 radical (unpaired) electrons. The molecule has 0 aromatic heterocycles. The summed E-state index contributed by atoms with van der Waals surface area (Å²) in [5.41, 5.74) is -0.374. The van der Waals surface area contributed by atoms with Crippen LogP contribution in [0.25, 0.3) is 0 Å². The molecule has 0 amide bonds. The maximum atomic E-state index is 13.1. The predicted molar refractivity (Wildman–Crippen MR) is 84.9 cm³/mol. The fourth-order valence-electron chi connectivity index (χ4n) is 1.06. The molecular formula is C10H2F4I3O4-. The smallest absolute Gasteiger partial charge is 0.472 e. The Morgan fingerprint density at radius 3 is 2.10 bits per heavy atom. The van der Waals surface area contributed by atoms with Crippen molar-refractivity contribution in [2.75, 3.05) is 0 Å². The van der Waals surface area contributed by atoms with Crippen molar-refractivity contribution in [3.05, 3.63) is 28.4 Å². The molecule has 0 atom stereocenters. The van der Waals surface area contributed by atoms with Gasteiger partial charge in [0.25, 0.3) is 0 Å². The summed E-state index contributed by atoms with van der Waals surface area (Å²) in [6, 6.07) is 2.77. The summed E-state index contributed by atoms with van der Waals surface area (Å²) in [4.78, 5) is 21.6. The van der Waals surface area contributed by atoms with Crippen molar-refractivity contribution in [1.82, 2.24) is 0 Å². The number of aliphatic carboxylic acids is 1. The predicted octanol–water partition coefficient (Wildman–Crippen LogP) is 2.64. The van der Waals surface area contributed by atoms with Gasteiger partial charge in [-0.2, -0.15) is 17.6 Å². The monoisotopic (exact) mass is 643 g/mol. The van der Waals surface area contributed by atoms with Gasteiger partial charge >= 0.3 is 18.0 Å². The van der Waals surface area contributed by atoms with E-state index in [1.54, 1.807) is 51.2 Å². The molecule has 0 heterocycles. The first kappa shape index (κ1) is 19.1. The average Bonchev–Trinajstić information content (AvgIpc) is 2.32. The number of hydrogen-bond donors (Lipinski definition) is 0. The highest BCUT2D eigenvalue weighted by molar-refractivity contribution is 14.1. The van der Waals surface area contributed by atoms with E-state index >= 15 is 0 Å². The molecule has 0 saturated heterocycles. The Kier molecular flexibility index (Phi) is 6.08. The molecule has 0 N–H and O–H groups in total. The summed E-state index contributed by atoms with van der Waals surface area (Å²) >= 11 is 5.25. The number of carboxylic acids is 1. The van der Waals surface area contributed by atoms with Crippen molar-refractivity contribution >= 4 is 79.7 Å². The average molecular weight is 643 g/mol. The van der Waals surface area contributed by atoms with E-state index in [2.05, 4.69) is 4.74 Å². The van der Waals surface area contributed by atoms with E-state index in [4.69, 9.17) is 0 Å². The Bertz CT molecular complexity index is 606. The third-order valence-corrected chi connectivity index (χ3v) is 5.72. The molecular weight excluding hydrogens is 641 g/mol. The van der Waals surface area contributed by atoms with Crippen LogP contribution in [0.4, 0.5) is 17.6 Å². The zero-order valence-corrected chi connectivity index (χ0v) is 15.9. The quantitative estimate of drug-likeness (QED) is 0.219. The highest BCUT2D eigenvalue weighted by atomic mass is 127. The fourth-order valence-corrected chi connectivity index (χ4v) is 3.44. The van der Waals surface area contributed by atoms with E-state index in [1.807, 2.05) is 22.6 Å². The number of rotatable bonds is 4. The summed E-state index contributed by atoms with van der Waals surface area (Å²) in [6.45, 7) is 0. The van der Waals surface area contributed by atoms with Crippen LogP contribution in [0.2, 0.25) is 0 Å². The Labute approximate surface area is 156 Å². The third-order valence-electron chi connectivity index (χ3n) is 2.06. The van der Waals surface area contributed by atoms with E-state index in [9.17, 15) is 32.3 Å². The van der Waals surface area contributed by atoms with Crippen LogP contribution in [-0.2, 0) is 9.53 Å².